The third-order valence-corrected chi connectivity index (χ3v) is 4.51. The van der Waals surface area contributed by atoms with E-state index < -0.39 is 10.4 Å². The monoisotopic (exact) mass is 381 g/mol. The van der Waals surface area contributed by atoms with E-state index >= 15 is 0 Å². The van der Waals surface area contributed by atoms with E-state index in [4.69, 9.17) is 4.55 Å². The molecule has 0 atom stereocenters. The summed E-state index contributed by atoms with van der Waals surface area (Å²) in [5, 5.41) is 3.39. The lowest BCUT2D eigenvalue weighted by Gasteiger charge is -2.03. The van der Waals surface area contributed by atoms with Gasteiger partial charge in [-0.15, -0.1) is 0 Å². The second-order valence-corrected chi connectivity index (χ2v) is 7.52. The fraction of sp³-hybridized carbons (Fsp3) is 1.00. The summed E-state index contributed by atoms with van der Waals surface area (Å²) in [5.41, 5.74) is 0. The molecule has 2 N–H and O–H groups in total. The van der Waals surface area contributed by atoms with E-state index in [9.17, 15) is 8.42 Å². The Bertz CT molecular complexity index is 318. The summed E-state index contributed by atoms with van der Waals surface area (Å²) >= 11 is 0. The summed E-state index contributed by atoms with van der Waals surface area (Å²) in [6.45, 7) is 8.25. The van der Waals surface area contributed by atoms with Crippen LogP contribution in [0, 0.1) is 0 Å². The van der Waals surface area contributed by atoms with Crippen molar-refractivity contribution in [2.45, 2.75) is 104 Å². The minimum atomic E-state index is -4.17. The Hall–Kier alpha value is -0.170. The number of rotatable bonds is 17. The summed E-state index contributed by atoms with van der Waals surface area (Å²) in [7, 11) is -4.17. The molecular weight excluding hydrogens is 338 g/mol. The van der Waals surface area contributed by atoms with Crippen molar-refractivity contribution in [1.82, 2.24) is 5.32 Å². The SMILES string of the molecule is CCCCCCCCCCCCCCCNCC.CCOS(=O)(=O)O. The molecular formula is C19H43NO4S. The number of hydrogen-bond donors (Lipinski definition) is 2. The molecule has 0 aromatic carbocycles. The van der Waals surface area contributed by atoms with Crippen LogP contribution < -0.4 is 5.32 Å². The van der Waals surface area contributed by atoms with Gasteiger partial charge in [0.25, 0.3) is 0 Å². The molecule has 0 spiro atoms. The highest BCUT2D eigenvalue weighted by molar-refractivity contribution is 7.80. The van der Waals surface area contributed by atoms with Crippen LogP contribution in [0.2, 0.25) is 0 Å². The van der Waals surface area contributed by atoms with E-state index in [2.05, 4.69) is 23.3 Å². The molecule has 0 radical (unpaired) electrons. The van der Waals surface area contributed by atoms with Gasteiger partial charge < -0.3 is 5.32 Å². The summed E-state index contributed by atoms with van der Waals surface area (Å²) in [4.78, 5) is 0. The molecule has 0 saturated heterocycles. The minimum Gasteiger partial charge on any atom is -0.317 e. The Morgan fingerprint density at radius 3 is 1.40 bits per heavy atom. The van der Waals surface area contributed by atoms with Crippen molar-refractivity contribution in [3.05, 3.63) is 0 Å². The molecule has 0 fully saturated rings. The van der Waals surface area contributed by atoms with Gasteiger partial charge in [0, 0.05) is 0 Å². The normalized spacial score (nSPS) is 11.2. The van der Waals surface area contributed by atoms with Crippen LogP contribution in [0.15, 0.2) is 0 Å². The van der Waals surface area contributed by atoms with Crippen molar-refractivity contribution < 1.29 is 17.2 Å². The Morgan fingerprint density at radius 2 is 1.12 bits per heavy atom. The Balaban J connectivity index is 0. The van der Waals surface area contributed by atoms with Gasteiger partial charge in [-0.1, -0.05) is 90.9 Å². The maximum Gasteiger partial charge on any atom is 0.397 e. The first kappa shape index (κ1) is 27.1. The maximum absolute atomic E-state index is 9.56. The molecule has 0 aliphatic rings. The van der Waals surface area contributed by atoms with E-state index in [1.807, 2.05) is 0 Å². The molecule has 0 saturated carbocycles. The second kappa shape index (κ2) is 21.9. The smallest absolute Gasteiger partial charge is 0.317 e. The van der Waals surface area contributed by atoms with E-state index in [0.717, 1.165) is 6.54 Å². The zero-order valence-corrected chi connectivity index (χ0v) is 17.7. The largest absolute Gasteiger partial charge is 0.397 e. The highest BCUT2D eigenvalue weighted by Gasteiger charge is 1.98. The van der Waals surface area contributed by atoms with Crippen LogP contribution in [0.4, 0.5) is 0 Å². The summed E-state index contributed by atoms with van der Waals surface area (Å²) in [5.74, 6) is 0. The predicted molar refractivity (Wildman–Crippen MR) is 107 cm³/mol. The molecule has 0 aromatic rings. The second-order valence-electron chi connectivity index (χ2n) is 6.43. The van der Waals surface area contributed by atoms with Gasteiger partial charge in [0.2, 0.25) is 0 Å². The molecule has 0 aliphatic carbocycles. The number of nitrogens with one attached hydrogen (secondary N) is 1. The molecule has 0 unspecified atom stereocenters. The van der Waals surface area contributed by atoms with Gasteiger partial charge in [-0.25, -0.2) is 4.18 Å². The number of hydrogen-bond acceptors (Lipinski definition) is 4. The lowest BCUT2D eigenvalue weighted by atomic mass is 10.0. The van der Waals surface area contributed by atoms with E-state index in [-0.39, 0.29) is 6.61 Å². The third kappa shape index (κ3) is 32.0. The van der Waals surface area contributed by atoms with Gasteiger partial charge in [0.15, 0.2) is 0 Å². The summed E-state index contributed by atoms with van der Waals surface area (Å²) < 4.78 is 30.7. The van der Waals surface area contributed by atoms with Crippen LogP contribution in [0.1, 0.15) is 104 Å². The first-order chi connectivity index (χ1) is 12.0. The molecule has 5 nitrogen and oxygen atoms in total. The number of unbranched alkanes of at least 4 members (excludes halogenated alkanes) is 12. The average Bonchev–Trinajstić information content (AvgIpc) is 2.55. The first-order valence-corrected chi connectivity index (χ1v) is 11.7. The molecule has 0 heterocycles. The van der Waals surface area contributed by atoms with Crippen molar-refractivity contribution in [2.24, 2.45) is 0 Å². The van der Waals surface area contributed by atoms with Crippen molar-refractivity contribution in [3.8, 4) is 0 Å². The molecule has 0 aromatic heterocycles. The fourth-order valence-corrected chi connectivity index (χ4v) is 2.89. The summed E-state index contributed by atoms with van der Waals surface area (Å²) in [6.07, 6.45) is 18.8. The Kier molecular flexibility index (Phi) is 23.7. The molecule has 0 bridgehead atoms. The van der Waals surface area contributed by atoms with Crippen LogP contribution in [0.5, 0.6) is 0 Å². The topological polar surface area (TPSA) is 75.6 Å². The molecule has 0 amide bonds. The third-order valence-electron chi connectivity index (χ3n) is 3.97. The van der Waals surface area contributed by atoms with E-state index in [0.29, 0.717) is 0 Å². The lowest BCUT2D eigenvalue weighted by molar-refractivity contribution is 0.283. The van der Waals surface area contributed by atoms with Crippen molar-refractivity contribution in [2.75, 3.05) is 19.7 Å². The van der Waals surface area contributed by atoms with Crippen LogP contribution >= 0.6 is 0 Å². The lowest BCUT2D eigenvalue weighted by Crippen LogP contribution is -2.13. The fourth-order valence-electron chi connectivity index (χ4n) is 2.59. The minimum absolute atomic E-state index is 0.0289. The van der Waals surface area contributed by atoms with Crippen LogP contribution in [-0.4, -0.2) is 32.7 Å². The van der Waals surface area contributed by atoms with Crippen LogP contribution in [0.3, 0.4) is 0 Å². The van der Waals surface area contributed by atoms with E-state index in [1.165, 1.54) is 96.9 Å². The molecule has 0 rings (SSSR count). The van der Waals surface area contributed by atoms with Crippen LogP contribution in [0.25, 0.3) is 0 Å². The van der Waals surface area contributed by atoms with Gasteiger partial charge in [-0.2, -0.15) is 8.42 Å². The predicted octanol–water partition coefficient (Wildman–Crippen LogP) is 5.51. The van der Waals surface area contributed by atoms with Crippen molar-refractivity contribution in [1.29, 1.82) is 0 Å². The standard InChI is InChI=1S/C17H37N.C2H6O4S/c1-3-5-6-7-8-9-10-11-12-13-14-15-16-17-18-4-2;1-2-6-7(3,4)5/h18H,3-17H2,1-2H3;2H2,1H3,(H,3,4,5). The Morgan fingerprint density at radius 1 is 0.720 bits per heavy atom. The maximum atomic E-state index is 9.56. The van der Waals surface area contributed by atoms with Gasteiger partial charge >= 0.3 is 10.4 Å². The van der Waals surface area contributed by atoms with Gasteiger partial charge in [-0.05, 0) is 26.4 Å². The molecule has 6 heteroatoms. The van der Waals surface area contributed by atoms with Gasteiger partial charge in [0.05, 0.1) is 6.61 Å². The molecule has 25 heavy (non-hydrogen) atoms. The first-order valence-electron chi connectivity index (χ1n) is 10.3. The summed E-state index contributed by atoms with van der Waals surface area (Å²) in [6, 6.07) is 0. The highest BCUT2D eigenvalue weighted by atomic mass is 32.3. The average molecular weight is 382 g/mol. The van der Waals surface area contributed by atoms with Crippen LogP contribution in [-0.2, 0) is 14.6 Å². The molecule has 154 valence electrons. The van der Waals surface area contributed by atoms with Crippen molar-refractivity contribution in [3.63, 3.8) is 0 Å². The van der Waals surface area contributed by atoms with Gasteiger partial charge in [-0.3, -0.25) is 4.55 Å². The zero-order valence-electron chi connectivity index (χ0n) is 16.9. The highest BCUT2D eigenvalue weighted by Crippen LogP contribution is 2.12. The quantitative estimate of drug-likeness (QED) is 0.256. The molecule has 0 aliphatic heterocycles. The Labute approximate surface area is 157 Å². The van der Waals surface area contributed by atoms with Gasteiger partial charge in [0.1, 0.15) is 0 Å². The van der Waals surface area contributed by atoms with E-state index in [1.54, 1.807) is 0 Å². The van der Waals surface area contributed by atoms with Crippen molar-refractivity contribution >= 4 is 10.4 Å². The zero-order chi connectivity index (χ0) is 19.2.